The van der Waals surface area contributed by atoms with Gasteiger partial charge < -0.3 is 20.3 Å². The Morgan fingerprint density at radius 2 is 0.770 bits per heavy atom. The number of hydrogen-bond acceptors (Lipinski definition) is 5. The smallest absolute Gasteiger partial charge is 0.305 e. The summed E-state index contributed by atoms with van der Waals surface area (Å²) in [5.41, 5.74) is 0. The summed E-state index contributed by atoms with van der Waals surface area (Å²) < 4.78 is 5.46. The Morgan fingerprint density at radius 1 is 0.443 bits per heavy atom. The van der Waals surface area contributed by atoms with Crippen LogP contribution in [0, 0.1) is 0 Å². The summed E-state index contributed by atoms with van der Waals surface area (Å²) in [6, 6.07) is -0.558. The first-order valence-electron chi connectivity index (χ1n) is 27.4. The van der Waals surface area contributed by atoms with Gasteiger partial charge in [0.05, 0.1) is 25.4 Å². The maximum absolute atomic E-state index is 12.5. The summed E-state index contributed by atoms with van der Waals surface area (Å²) in [6.07, 6.45) is 59.0. The average Bonchev–Trinajstić information content (AvgIpc) is 3.26. The Labute approximate surface area is 380 Å². The molecule has 61 heavy (non-hydrogen) atoms. The number of unbranched alkanes of at least 4 members (excludes halogenated alkanes) is 38. The van der Waals surface area contributed by atoms with Crippen LogP contribution in [0.25, 0.3) is 0 Å². The molecule has 0 heterocycles. The van der Waals surface area contributed by atoms with Gasteiger partial charge >= 0.3 is 5.97 Å². The summed E-state index contributed by atoms with van der Waals surface area (Å²) in [5, 5.41) is 23.3. The van der Waals surface area contributed by atoms with Gasteiger partial charge in [0.25, 0.3) is 0 Å². The van der Waals surface area contributed by atoms with Crippen LogP contribution >= 0.6 is 0 Å². The number of esters is 1. The number of carbonyl (C=O) groups is 2. The quantitative estimate of drug-likeness (QED) is 0.0322. The SMILES string of the molecule is CCCCCCCC/C=C\CCCCCCCC(=O)OCCCCCCCCCCCCC(=O)NC(CO)C(O)CCCCCCCCCCCCCCCCCCCCC. The number of allylic oxidation sites excluding steroid dienone is 2. The first-order valence-corrected chi connectivity index (χ1v) is 27.4. The number of carbonyl (C=O) groups excluding carboxylic acids is 2. The molecule has 0 spiro atoms. The van der Waals surface area contributed by atoms with Gasteiger partial charge in [0.1, 0.15) is 0 Å². The molecule has 6 nitrogen and oxygen atoms in total. The molecule has 0 aromatic carbocycles. The minimum atomic E-state index is -0.679. The molecule has 362 valence electrons. The molecule has 2 atom stereocenters. The van der Waals surface area contributed by atoms with Crippen LogP contribution in [0.1, 0.15) is 303 Å². The number of amides is 1. The van der Waals surface area contributed by atoms with E-state index in [-0.39, 0.29) is 18.5 Å². The van der Waals surface area contributed by atoms with Crippen molar-refractivity contribution in [2.75, 3.05) is 13.2 Å². The van der Waals surface area contributed by atoms with Crippen LogP contribution in [-0.4, -0.2) is 47.4 Å². The summed E-state index contributed by atoms with van der Waals surface area (Å²) in [7, 11) is 0. The summed E-state index contributed by atoms with van der Waals surface area (Å²) in [5.74, 6) is -0.0814. The van der Waals surface area contributed by atoms with E-state index >= 15 is 0 Å². The fraction of sp³-hybridized carbons (Fsp3) is 0.927. The fourth-order valence-corrected chi connectivity index (χ4v) is 8.58. The van der Waals surface area contributed by atoms with Crippen LogP contribution in [0.15, 0.2) is 12.2 Å². The average molecular weight is 862 g/mol. The number of ether oxygens (including phenoxy) is 1. The molecule has 0 saturated carbocycles. The van der Waals surface area contributed by atoms with E-state index in [0.29, 0.717) is 25.9 Å². The van der Waals surface area contributed by atoms with E-state index in [0.717, 1.165) is 57.8 Å². The van der Waals surface area contributed by atoms with Crippen molar-refractivity contribution in [3.8, 4) is 0 Å². The van der Waals surface area contributed by atoms with Crippen molar-refractivity contribution in [2.45, 2.75) is 315 Å². The van der Waals surface area contributed by atoms with Gasteiger partial charge in [0, 0.05) is 12.8 Å². The summed E-state index contributed by atoms with van der Waals surface area (Å²) in [4.78, 5) is 24.5. The summed E-state index contributed by atoms with van der Waals surface area (Å²) in [6.45, 7) is 4.91. The molecule has 3 N–H and O–H groups in total. The van der Waals surface area contributed by atoms with Gasteiger partial charge in [-0.2, -0.15) is 0 Å². The zero-order valence-corrected chi connectivity index (χ0v) is 41.2. The Balaban J connectivity index is 3.47. The van der Waals surface area contributed by atoms with E-state index in [1.54, 1.807) is 0 Å². The van der Waals surface area contributed by atoms with Gasteiger partial charge in [0.15, 0.2) is 0 Å². The third kappa shape index (κ3) is 47.9. The Bertz CT molecular complexity index is 909. The van der Waals surface area contributed by atoms with Gasteiger partial charge in [-0.1, -0.05) is 251 Å². The minimum Gasteiger partial charge on any atom is -0.466 e. The van der Waals surface area contributed by atoms with Gasteiger partial charge in [-0.15, -0.1) is 0 Å². The van der Waals surface area contributed by atoms with Crippen LogP contribution in [0.2, 0.25) is 0 Å². The zero-order valence-electron chi connectivity index (χ0n) is 41.2. The maximum atomic E-state index is 12.5. The maximum Gasteiger partial charge on any atom is 0.305 e. The number of nitrogens with one attached hydrogen (secondary N) is 1. The Hall–Kier alpha value is -1.40. The Kier molecular flexibility index (Phi) is 50.1. The van der Waals surface area contributed by atoms with Gasteiger partial charge in [-0.05, 0) is 51.4 Å². The molecule has 1 amide bonds. The molecule has 0 fully saturated rings. The van der Waals surface area contributed by atoms with E-state index in [1.807, 2.05) is 0 Å². The third-order valence-corrected chi connectivity index (χ3v) is 12.8. The van der Waals surface area contributed by atoms with Crippen LogP contribution in [0.5, 0.6) is 0 Å². The second kappa shape index (κ2) is 51.2. The fourth-order valence-electron chi connectivity index (χ4n) is 8.58. The normalized spacial score (nSPS) is 12.7. The van der Waals surface area contributed by atoms with E-state index in [2.05, 4.69) is 31.3 Å². The zero-order chi connectivity index (χ0) is 44.4. The Morgan fingerprint density at radius 3 is 1.16 bits per heavy atom. The molecule has 0 saturated heterocycles. The first kappa shape index (κ1) is 59.6. The third-order valence-electron chi connectivity index (χ3n) is 12.8. The van der Waals surface area contributed by atoms with E-state index < -0.39 is 12.1 Å². The molecule has 0 radical (unpaired) electrons. The van der Waals surface area contributed by atoms with Crippen LogP contribution in [0.4, 0.5) is 0 Å². The van der Waals surface area contributed by atoms with Crippen LogP contribution in [0.3, 0.4) is 0 Å². The van der Waals surface area contributed by atoms with Crippen LogP contribution < -0.4 is 5.32 Å². The van der Waals surface area contributed by atoms with E-state index in [9.17, 15) is 19.8 Å². The molecule has 6 heteroatoms. The largest absolute Gasteiger partial charge is 0.466 e. The molecule has 0 bridgehead atoms. The van der Waals surface area contributed by atoms with Crippen molar-refractivity contribution >= 4 is 11.9 Å². The molecular weight excluding hydrogens is 755 g/mol. The lowest BCUT2D eigenvalue weighted by molar-refractivity contribution is -0.143. The van der Waals surface area contributed by atoms with Crippen molar-refractivity contribution in [3.05, 3.63) is 12.2 Å². The van der Waals surface area contributed by atoms with E-state index in [1.165, 1.54) is 212 Å². The second-order valence-corrected chi connectivity index (χ2v) is 18.9. The highest BCUT2D eigenvalue weighted by Gasteiger charge is 2.20. The number of aliphatic hydroxyl groups excluding tert-OH is 2. The van der Waals surface area contributed by atoms with Crippen molar-refractivity contribution < 1.29 is 24.5 Å². The molecule has 0 aliphatic rings. The number of rotatable bonds is 51. The van der Waals surface area contributed by atoms with Crippen molar-refractivity contribution in [1.82, 2.24) is 5.32 Å². The van der Waals surface area contributed by atoms with E-state index in [4.69, 9.17) is 4.74 Å². The predicted octanol–water partition coefficient (Wildman–Crippen LogP) is 16.5. The highest BCUT2D eigenvalue weighted by atomic mass is 16.5. The molecule has 0 aromatic heterocycles. The summed E-state index contributed by atoms with van der Waals surface area (Å²) >= 11 is 0. The highest BCUT2D eigenvalue weighted by Crippen LogP contribution is 2.17. The first-order chi connectivity index (χ1) is 30.0. The lowest BCUT2D eigenvalue weighted by Gasteiger charge is -2.22. The minimum absolute atomic E-state index is 0.0258. The second-order valence-electron chi connectivity index (χ2n) is 18.9. The topological polar surface area (TPSA) is 95.9 Å². The molecular formula is C55H107NO5. The van der Waals surface area contributed by atoms with Gasteiger partial charge in [0.2, 0.25) is 5.91 Å². The lowest BCUT2D eigenvalue weighted by Crippen LogP contribution is -2.45. The lowest BCUT2D eigenvalue weighted by atomic mass is 10.0. The molecule has 2 unspecified atom stereocenters. The standard InChI is InChI=1S/C55H107NO5/c1-3-5-7-9-11-13-15-17-19-20-21-22-24-25-27-31-35-39-43-47-53(58)52(51-57)56-54(59)48-44-40-36-32-29-30-34-38-42-46-50-61-55(60)49-45-41-37-33-28-26-23-18-16-14-12-10-8-6-4-2/h18,23,52-53,57-58H,3-17,19-22,24-51H2,1-2H3,(H,56,59)/b23-18-. The molecule has 0 aliphatic heterocycles. The predicted molar refractivity (Wildman–Crippen MR) is 264 cm³/mol. The highest BCUT2D eigenvalue weighted by molar-refractivity contribution is 5.76. The van der Waals surface area contributed by atoms with Gasteiger partial charge in [-0.25, -0.2) is 0 Å². The van der Waals surface area contributed by atoms with Crippen molar-refractivity contribution in [2.24, 2.45) is 0 Å². The van der Waals surface area contributed by atoms with Crippen LogP contribution in [-0.2, 0) is 14.3 Å². The monoisotopic (exact) mass is 862 g/mol. The molecule has 0 aliphatic carbocycles. The number of hydrogen-bond donors (Lipinski definition) is 3. The molecule has 0 aromatic rings. The van der Waals surface area contributed by atoms with Crippen molar-refractivity contribution in [3.63, 3.8) is 0 Å². The van der Waals surface area contributed by atoms with Crippen molar-refractivity contribution in [1.29, 1.82) is 0 Å². The molecule has 0 rings (SSSR count). The van der Waals surface area contributed by atoms with Gasteiger partial charge in [-0.3, -0.25) is 9.59 Å². The number of aliphatic hydroxyl groups is 2.